The molecule has 2 nitrogen and oxygen atoms in total. The summed E-state index contributed by atoms with van der Waals surface area (Å²) >= 11 is 0. The standard InChI is InChI=1S/C18H20N2/c1-12-8-10-14(11-9-12)18-19-15-6-2-4-13-5-3-7-16(20-18)17(13)15/h2,4,7-11,15,18-20H,3,5-6H2,1H3. The molecule has 2 heteroatoms. The van der Waals surface area contributed by atoms with Crippen LogP contribution in [-0.2, 0) is 0 Å². The molecule has 0 aromatic heterocycles. The number of nitrogens with one attached hydrogen (secondary N) is 2. The predicted molar refractivity (Wildman–Crippen MR) is 82.1 cm³/mol. The summed E-state index contributed by atoms with van der Waals surface area (Å²) in [7, 11) is 0. The Morgan fingerprint density at radius 2 is 2.00 bits per heavy atom. The fraction of sp³-hybridized carbons (Fsp3) is 0.333. The lowest BCUT2D eigenvalue weighted by Crippen LogP contribution is -2.49. The van der Waals surface area contributed by atoms with Crippen LogP contribution in [-0.4, -0.2) is 6.04 Å². The maximum atomic E-state index is 3.76. The summed E-state index contributed by atoms with van der Waals surface area (Å²) in [6, 6.07) is 9.28. The van der Waals surface area contributed by atoms with Crippen LogP contribution in [0.15, 0.2) is 59.3 Å². The first kappa shape index (κ1) is 12.0. The zero-order valence-corrected chi connectivity index (χ0v) is 11.8. The summed E-state index contributed by atoms with van der Waals surface area (Å²) < 4.78 is 0. The molecule has 0 radical (unpaired) electrons. The molecule has 0 spiro atoms. The van der Waals surface area contributed by atoms with Crippen molar-refractivity contribution in [2.75, 3.05) is 0 Å². The number of aryl methyl sites for hydroxylation is 1. The molecule has 4 rings (SSSR count). The van der Waals surface area contributed by atoms with E-state index in [0.717, 1.165) is 12.8 Å². The molecule has 20 heavy (non-hydrogen) atoms. The molecular weight excluding hydrogens is 244 g/mol. The van der Waals surface area contributed by atoms with E-state index in [-0.39, 0.29) is 6.17 Å². The number of hydrogen-bond donors (Lipinski definition) is 2. The molecule has 1 aliphatic heterocycles. The third-order valence-electron chi connectivity index (χ3n) is 4.52. The van der Waals surface area contributed by atoms with Crippen molar-refractivity contribution < 1.29 is 0 Å². The third-order valence-corrected chi connectivity index (χ3v) is 4.52. The average Bonchev–Trinajstić information content (AvgIpc) is 2.48. The Kier molecular flexibility index (Phi) is 2.78. The maximum absolute atomic E-state index is 3.76. The van der Waals surface area contributed by atoms with Crippen LogP contribution in [0.5, 0.6) is 0 Å². The van der Waals surface area contributed by atoms with E-state index in [2.05, 4.69) is 60.1 Å². The molecule has 102 valence electrons. The number of rotatable bonds is 1. The van der Waals surface area contributed by atoms with E-state index in [9.17, 15) is 0 Å². The summed E-state index contributed by atoms with van der Waals surface area (Å²) in [5.74, 6) is 0. The Morgan fingerprint density at radius 3 is 2.85 bits per heavy atom. The van der Waals surface area contributed by atoms with E-state index in [1.165, 1.54) is 34.4 Å². The van der Waals surface area contributed by atoms with Gasteiger partial charge in [-0.25, -0.2) is 0 Å². The van der Waals surface area contributed by atoms with Gasteiger partial charge in [-0.15, -0.1) is 0 Å². The van der Waals surface area contributed by atoms with Crippen molar-refractivity contribution in [1.82, 2.24) is 10.6 Å². The normalized spacial score (nSPS) is 27.8. The molecule has 0 amide bonds. The number of hydrogen-bond acceptors (Lipinski definition) is 2. The Hall–Kier alpha value is -1.80. The van der Waals surface area contributed by atoms with Gasteiger partial charge in [0, 0.05) is 11.7 Å². The molecular formula is C18H20N2. The van der Waals surface area contributed by atoms with Crippen LogP contribution in [0.25, 0.3) is 0 Å². The van der Waals surface area contributed by atoms with Gasteiger partial charge in [-0.05, 0) is 42.9 Å². The van der Waals surface area contributed by atoms with Crippen LogP contribution in [0.1, 0.15) is 36.6 Å². The second-order valence-corrected chi connectivity index (χ2v) is 5.94. The molecule has 3 aliphatic rings. The van der Waals surface area contributed by atoms with Gasteiger partial charge in [0.1, 0.15) is 6.17 Å². The van der Waals surface area contributed by atoms with Gasteiger partial charge in [0.05, 0.1) is 0 Å². The van der Waals surface area contributed by atoms with E-state index >= 15 is 0 Å². The Labute approximate surface area is 120 Å². The van der Waals surface area contributed by atoms with Gasteiger partial charge in [-0.2, -0.15) is 0 Å². The first-order valence-corrected chi connectivity index (χ1v) is 7.50. The van der Waals surface area contributed by atoms with Crippen LogP contribution in [0.2, 0.25) is 0 Å². The van der Waals surface area contributed by atoms with Crippen molar-refractivity contribution in [3.63, 3.8) is 0 Å². The molecule has 2 unspecified atom stereocenters. The topological polar surface area (TPSA) is 24.1 Å². The average molecular weight is 264 g/mol. The van der Waals surface area contributed by atoms with Gasteiger partial charge < -0.3 is 5.32 Å². The van der Waals surface area contributed by atoms with Crippen LogP contribution in [0.3, 0.4) is 0 Å². The van der Waals surface area contributed by atoms with Crippen LogP contribution in [0, 0.1) is 6.92 Å². The molecule has 1 aromatic carbocycles. The summed E-state index contributed by atoms with van der Waals surface area (Å²) in [4.78, 5) is 0. The highest BCUT2D eigenvalue weighted by Gasteiger charge is 2.32. The smallest absolute Gasteiger partial charge is 0.104 e. The molecule has 0 bridgehead atoms. The minimum atomic E-state index is 0.224. The van der Waals surface area contributed by atoms with Crippen molar-refractivity contribution >= 4 is 0 Å². The molecule has 2 N–H and O–H groups in total. The van der Waals surface area contributed by atoms with Crippen molar-refractivity contribution in [3.05, 3.63) is 70.5 Å². The number of benzene rings is 1. The van der Waals surface area contributed by atoms with Crippen molar-refractivity contribution in [1.29, 1.82) is 0 Å². The van der Waals surface area contributed by atoms with E-state index in [4.69, 9.17) is 0 Å². The summed E-state index contributed by atoms with van der Waals surface area (Å²) in [5.41, 5.74) is 7.00. The van der Waals surface area contributed by atoms with Gasteiger partial charge in [0.2, 0.25) is 0 Å². The zero-order valence-electron chi connectivity index (χ0n) is 11.8. The third kappa shape index (κ3) is 1.92. The second-order valence-electron chi connectivity index (χ2n) is 5.94. The monoisotopic (exact) mass is 264 g/mol. The highest BCUT2D eigenvalue weighted by atomic mass is 15.2. The van der Waals surface area contributed by atoms with Crippen molar-refractivity contribution in [3.8, 4) is 0 Å². The van der Waals surface area contributed by atoms with Crippen molar-refractivity contribution in [2.24, 2.45) is 0 Å². The zero-order chi connectivity index (χ0) is 13.5. The van der Waals surface area contributed by atoms with Crippen LogP contribution >= 0.6 is 0 Å². The summed E-state index contributed by atoms with van der Waals surface area (Å²) in [6.07, 6.45) is 10.7. The van der Waals surface area contributed by atoms with Gasteiger partial charge in [0.25, 0.3) is 0 Å². The fourth-order valence-corrected chi connectivity index (χ4v) is 3.46. The first-order chi connectivity index (χ1) is 9.81. The highest BCUT2D eigenvalue weighted by Crippen LogP contribution is 2.36. The lowest BCUT2D eigenvalue weighted by Gasteiger charge is -2.40. The fourth-order valence-electron chi connectivity index (χ4n) is 3.46. The molecule has 2 aliphatic carbocycles. The van der Waals surface area contributed by atoms with Gasteiger partial charge in [-0.1, -0.05) is 48.1 Å². The summed E-state index contributed by atoms with van der Waals surface area (Å²) in [5, 5.41) is 7.44. The first-order valence-electron chi connectivity index (χ1n) is 7.50. The highest BCUT2D eigenvalue weighted by molar-refractivity contribution is 5.50. The van der Waals surface area contributed by atoms with Gasteiger partial charge in [-0.3, -0.25) is 5.32 Å². The SMILES string of the molecule is Cc1ccc(C2NC3=CCCC4=C3C(CC=C4)N2)cc1. The second kappa shape index (κ2) is 4.64. The van der Waals surface area contributed by atoms with E-state index in [1.807, 2.05) is 0 Å². The molecule has 1 aromatic rings. The Bertz CT molecular complexity index is 619. The van der Waals surface area contributed by atoms with Gasteiger partial charge >= 0.3 is 0 Å². The quantitative estimate of drug-likeness (QED) is 0.811. The largest absolute Gasteiger partial charge is 0.366 e. The van der Waals surface area contributed by atoms with Crippen LogP contribution < -0.4 is 10.6 Å². The Morgan fingerprint density at radius 1 is 1.15 bits per heavy atom. The lowest BCUT2D eigenvalue weighted by atomic mass is 9.82. The van der Waals surface area contributed by atoms with Crippen LogP contribution in [0.4, 0.5) is 0 Å². The predicted octanol–water partition coefficient (Wildman–Crippen LogP) is 3.49. The molecule has 0 saturated carbocycles. The summed E-state index contributed by atoms with van der Waals surface area (Å²) in [6.45, 7) is 2.13. The van der Waals surface area contributed by atoms with E-state index in [1.54, 1.807) is 0 Å². The van der Waals surface area contributed by atoms with E-state index in [0.29, 0.717) is 6.04 Å². The maximum Gasteiger partial charge on any atom is 0.104 e. The molecule has 1 heterocycles. The number of allylic oxidation sites excluding steroid dienone is 3. The minimum absolute atomic E-state index is 0.224. The van der Waals surface area contributed by atoms with Gasteiger partial charge in [0.15, 0.2) is 0 Å². The Balaban J connectivity index is 1.68. The van der Waals surface area contributed by atoms with Crippen molar-refractivity contribution in [2.45, 2.75) is 38.4 Å². The molecule has 1 fully saturated rings. The minimum Gasteiger partial charge on any atom is -0.366 e. The lowest BCUT2D eigenvalue weighted by molar-refractivity contribution is 0.386. The van der Waals surface area contributed by atoms with E-state index < -0.39 is 0 Å². The molecule has 2 atom stereocenters. The molecule has 1 saturated heterocycles.